The average Bonchev–Trinajstić information content (AvgIpc) is 2.25. The molecule has 0 spiro atoms. The summed E-state index contributed by atoms with van der Waals surface area (Å²) in [6.07, 6.45) is 3.71. The van der Waals surface area contributed by atoms with Crippen LogP contribution in [-0.4, -0.2) is 23.1 Å². The van der Waals surface area contributed by atoms with Gasteiger partial charge in [-0.05, 0) is 30.4 Å². The first kappa shape index (κ1) is 12.1. The fourth-order valence-electron chi connectivity index (χ4n) is 1.55. The maximum Gasteiger partial charge on any atom is 0.310 e. The molecular weight excluding hydrogens is 208 g/mol. The Morgan fingerprint density at radius 1 is 1.40 bits per heavy atom. The Labute approximate surface area is 94.7 Å². The van der Waals surface area contributed by atoms with Crippen LogP contribution in [0.1, 0.15) is 24.3 Å². The fraction of sp³-hybridized carbons (Fsp3) is 0.417. The van der Waals surface area contributed by atoms with Crippen LogP contribution in [0.2, 0.25) is 0 Å². The summed E-state index contributed by atoms with van der Waals surface area (Å²) in [5, 5.41) is 9.12. The van der Waals surface area contributed by atoms with Gasteiger partial charge in [-0.1, -0.05) is 30.3 Å². The molecule has 15 heavy (non-hydrogen) atoms. The predicted molar refractivity (Wildman–Crippen MR) is 64.4 cm³/mol. The average molecular weight is 224 g/mol. The highest BCUT2D eigenvalue weighted by atomic mass is 32.2. The first-order valence-electron chi connectivity index (χ1n) is 5.02. The Bertz CT molecular complexity index is 298. The molecule has 1 unspecified atom stereocenters. The van der Waals surface area contributed by atoms with Crippen LogP contribution in [0.5, 0.6) is 0 Å². The molecule has 0 aromatic heterocycles. The summed E-state index contributed by atoms with van der Waals surface area (Å²) >= 11 is 1.76. The van der Waals surface area contributed by atoms with Gasteiger partial charge in [-0.2, -0.15) is 11.8 Å². The van der Waals surface area contributed by atoms with E-state index in [1.54, 1.807) is 11.8 Å². The summed E-state index contributed by atoms with van der Waals surface area (Å²) in [5.41, 5.74) is 0.908. The third kappa shape index (κ3) is 3.96. The van der Waals surface area contributed by atoms with Crippen molar-refractivity contribution >= 4 is 17.7 Å². The minimum Gasteiger partial charge on any atom is -0.481 e. The molecular formula is C12H16O2S. The van der Waals surface area contributed by atoms with Crippen LogP contribution in [0, 0.1) is 0 Å². The van der Waals surface area contributed by atoms with Gasteiger partial charge in [0.1, 0.15) is 0 Å². The molecule has 0 fully saturated rings. The number of thioether (sulfide) groups is 1. The van der Waals surface area contributed by atoms with Crippen LogP contribution < -0.4 is 0 Å². The summed E-state index contributed by atoms with van der Waals surface area (Å²) in [7, 11) is 0. The molecule has 0 aliphatic rings. The summed E-state index contributed by atoms with van der Waals surface area (Å²) in [6.45, 7) is 0. The van der Waals surface area contributed by atoms with Gasteiger partial charge in [0.25, 0.3) is 0 Å². The number of rotatable bonds is 6. The second-order valence-electron chi connectivity index (χ2n) is 3.44. The van der Waals surface area contributed by atoms with Gasteiger partial charge in [-0.3, -0.25) is 4.79 Å². The zero-order chi connectivity index (χ0) is 11.1. The molecule has 1 rings (SSSR count). The minimum atomic E-state index is -0.720. The van der Waals surface area contributed by atoms with Crippen molar-refractivity contribution in [2.45, 2.75) is 18.8 Å². The van der Waals surface area contributed by atoms with Gasteiger partial charge in [-0.25, -0.2) is 0 Å². The molecule has 0 amide bonds. The number of aliphatic carboxylic acids is 1. The van der Waals surface area contributed by atoms with E-state index in [4.69, 9.17) is 5.11 Å². The SMILES string of the molecule is CSCCCC(C(=O)O)c1ccccc1. The van der Waals surface area contributed by atoms with E-state index < -0.39 is 5.97 Å². The van der Waals surface area contributed by atoms with Crippen LogP contribution in [0.25, 0.3) is 0 Å². The molecule has 0 bridgehead atoms. The molecule has 0 radical (unpaired) electrons. The molecule has 1 N–H and O–H groups in total. The van der Waals surface area contributed by atoms with E-state index in [1.807, 2.05) is 36.6 Å². The zero-order valence-corrected chi connectivity index (χ0v) is 9.67. The standard InChI is InChI=1S/C12H16O2S/c1-15-9-5-8-11(12(13)14)10-6-3-2-4-7-10/h2-4,6-7,11H,5,8-9H2,1H3,(H,13,14). The number of hydrogen-bond donors (Lipinski definition) is 1. The Morgan fingerprint density at radius 2 is 2.07 bits per heavy atom. The molecule has 82 valence electrons. The van der Waals surface area contributed by atoms with Gasteiger partial charge < -0.3 is 5.11 Å². The molecule has 0 saturated heterocycles. The van der Waals surface area contributed by atoms with Crippen molar-refractivity contribution in [1.29, 1.82) is 0 Å². The van der Waals surface area contributed by atoms with Crippen molar-refractivity contribution in [3.63, 3.8) is 0 Å². The summed E-state index contributed by atoms with van der Waals surface area (Å²) in [5.74, 6) is -0.0444. The van der Waals surface area contributed by atoms with E-state index in [1.165, 1.54) is 0 Å². The highest BCUT2D eigenvalue weighted by Crippen LogP contribution is 2.22. The largest absolute Gasteiger partial charge is 0.481 e. The second kappa shape index (κ2) is 6.51. The first-order valence-corrected chi connectivity index (χ1v) is 6.41. The molecule has 3 heteroatoms. The van der Waals surface area contributed by atoms with E-state index in [9.17, 15) is 4.79 Å². The van der Waals surface area contributed by atoms with Gasteiger partial charge in [-0.15, -0.1) is 0 Å². The van der Waals surface area contributed by atoms with Gasteiger partial charge >= 0.3 is 5.97 Å². The quantitative estimate of drug-likeness (QED) is 0.755. The van der Waals surface area contributed by atoms with Crippen molar-refractivity contribution in [2.24, 2.45) is 0 Å². The third-order valence-electron chi connectivity index (χ3n) is 2.34. The Hall–Kier alpha value is -0.960. The van der Waals surface area contributed by atoms with Gasteiger partial charge in [0.05, 0.1) is 5.92 Å². The van der Waals surface area contributed by atoms with E-state index in [0.29, 0.717) is 0 Å². The molecule has 1 atom stereocenters. The lowest BCUT2D eigenvalue weighted by molar-refractivity contribution is -0.139. The molecule has 0 aliphatic heterocycles. The second-order valence-corrected chi connectivity index (χ2v) is 4.42. The van der Waals surface area contributed by atoms with Crippen LogP contribution in [0.15, 0.2) is 30.3 Å². The Kier molecular flexibility index (Phi) is 5.26. The fourth-order valence-corrected chi connectivity index (χ4v) is 2.01. The Morgan fingerprint density at radius 3 is 2.60 bits per heavy atom. The first-order chi connectivity index (χ1) is 7.25. The van der Waals surface area contributed by atoms with E-state index in [0.717, 1.165) is 24.2 Å². The van der Waals surface area contributed by atoms with Crippen molar-refractivity contribution in [2.75, 3.05) is 12.0 Å². The van der Waals surface area contributed by atoms with Crippen molar-refractivity contribution < 1.29 is 9.90 Å². The molecule has 0 saturated carbocycles. The maximum absolute atomic E-state index is 11.1. The number of benzene rings is 1. The Balaban J connectivity index is 2.62. The predicted octanol–water partition coefficient (Wildman–Crippen LogP) is 3.00. The molecule has 1 aromatic rings. The summed E-state index contributed by atoms with van der Waals surface area (Å²) < 4.78 is 0. The van der Waals surface area contributed by atoms with E-state index in [2.05, 4.69) is 0 Å². The summed E-state index contributed by atoms with van der Waals surface area (Å²) in [6, 6.07) is 9.46. The highest BCUT2D eigenvalue weighted by molar-refractivity contribution is 7.98. The van der Waals surface area contributed by atoms with Crippen LogP contribution in [-0.2, 0) is 4.79 Å². The van der Waals surface area contributed by atoms with E-state index in [-0.39, 0.29) is 5.92 Å². The number of carbonyl (C=O) groups is 1. The van der Waals surface area contributed by atoms with Gasteiger partial charge in [0.15, 0.2) is 0 Å². The number of carboxylic acids is 1. The van der Waals surface area contributed by atoms with Crippen molar-refractivity contribution in [3.8, 4) is 0 Å². The number of carboxylic acid groups (broad SMARTS) is 1. The minimum absolute atomic E-state index is 0.349. The zero-order valence-electron chi connectivity index (χ0n) is 8.85. The molecule has 0 heterocycles. The lowest BCUT2D eigenvalue weighted by atomic mass is 9.95. The van der Waals surface area contributed by atoms with Gasteiger partial charge in [0, 0.05) is 0 Å². The van der Waals surface area contributed by atoms with Crippen LogP contribution >= 0.6 is 11.8 Å². The molecule has 0 aliphatic carbocycles. The smallest absolute Gasteiger partial charge is 0.310 e. The lowest BCUT2D eigenvalue weighted by Gasteiger charge is -2.11. The lowest BCUT2D eigenvalue weighted by Crippen LogP contribution is -2.11. The maximum atomic E-state index is 11.1. The molecule has 1 aromatic carbocycles. The summed E-state index contributed by atoms with van der Waals surface area (Å²) in [4.78, 5) is 11.1. The van der Waals surface area contributed by atoms with Crippen LogP contribution in [0.4, 0.5) is 0 Å². The van der Waals surface area contributed by atoms with Crippen molar-refractivity contribution in [1.82, 2.24) is 0 Å². The van der Waals surface area contributed by atoms with Gasteiger partial charge in [0.2, 0.25) is 0 Å². The van der Waals surface area contributed by atoms with Crippen LogP contribution in [0.3, 0.4) is 0 Å². The normalized spacial score (nSPS) is 12.3. The monoisotopic (exact) mass is 224 g/mol. The topological polar surface area (TPSA) is 37.3 Å². The highest BCUT2D eigenvalue weighted by Gasteiger charge is 2.18. The van der Waals surface area contributed by atoms with E-state index >= 15 is 0 Å². The molecule has 2 nitrogen and oxygen atoms in total. The van der Waals surface area contributed by atoms with Crippen molar-refractivity contribution in [3.05, 3.63) is 35.9 Å². The third-order valence-corrected chi connectivity index (χ3v) is 3.04. The number of hydrogen-bond acceptors (Lipinski definition) is 2.